The fourth-order valence-corrected chi connectivity index (χ4v) is 5.28. The van der Waals surface area contributed by atoms with Crippen LogP contribution in [0.1, 0.15) is 49.1 Å². The van der Waals surface area contributed by atoms with Crippen LogP contribution >= 0.6 is 0 Å². The third-order valence-corrected chi connectivity index (χ3v) is 7.01. The number of nitrogens with one attached hydrogen (secondary N) is 1. The first-order chi connectivity index (χ1) is 13.8. The summed E-state index contributed by atoms with van der Waals surface area (Å²) in [6, 6.07) is 21.1. The van der Waals surface area contributed by atoms with E-state index in [9.17, 15) is 0 Å². The quantitative estimate of drug-likeness (QED) is 0.781. The smallest absolute Gasteiger partial charge is 0.0839 e. The van der Waals surface area contributed by atoms with Crippen molar-refractivity contribution in [3.63, 3.8) is 0 Å². The summed E-state index contributed by atoms with van der Waals surface area (Å²) in [5.74, 6) is 0.748. The van der Waals surface area contributed by atoms with Gasteiger partial charge in [0.1, 0.15) is 0 Å². The largest absolute Gasteiger partial charge is 0.377 e. The first-order valence-electron chi connectivity index (χ1n) is 11.1. The van der Waals surface area contributed by atoms with E-state index in [4.69, 9.17) is 4.74 Å². The van der Waals surface area contributed by atoms with Crippen LogP contribution in [-0.4, -0.2) is 42.8 Å². The molecule has 0 amide bonds. The van der Waals surface area contributed by atoms with E-state index in [1.54, 1.807) is 0 Å². The lowest BCUT2D eigenvalue weighted by molar-refractivity contribution is -0.0630. The molecule has 1 saturated carbocycles. The van der Waals surface area contributed by atoms with Crippen molar-refractivity contribution in [1.82, 2.24) is 4.90 Å². The van der Waals surface area contributed by atoms with Gasteiger partial charge in [0.2, 0.25) is 0 Å². The standard InChI is InChI=1S/C25H32N2O/c1-2-6-19(7-3-1)16-25-24(18-28-25)26-22-11-8-20(9-12-22)21-10-13-23(17-21)27-14-4-5-15-27/h1-3,6-9,11-12,21,23-26H,4-5,10,13-18H2. The highest BCUT2D eigenvalue weighted by atomic mass is 16.5. The number of anilines is 1. The zero-order valence-electron chi connectivity index (χ0n) is 16.7. The third-order valence-electron chi connectivity index (χ3n) is 7.01. The highest BCUT2D eigenvalue weighted by molar-refractivity contribution is 5.47. The molecule has 3 heteroatoms. The van der Waals surface area contributed by atoms with Gasteiger partial charge in [-0.05, 0) is 74.4 Å². The van der Waals surface area contributed by atoms with E-state index < -0.39 is 0 Å². The summed E-state index contributed by atoms with van der Waals surface area (Å²) < 4.78 is 5.82. The van der Waals surface area contributed by atoms with Gasteiger partial charge in [0.15, 0.2) is 0 Å². The van der Waals surface area contributed by atoms with E-state index in [0.29, 0.717) is 6.04 Å². The van der Waals surface area contributed by atoms with Gasteiger partial charge in [0.05, 0.1) is 18.8 Å². The number of ether oxygens (including phenoxy) is 1. The Morgan fingerprint density at radius 3 is 2.43 bits per heavy atom. The van der Waals surface area contributed by atoms with E-state index in [1.807, 2.05) is 0 Å². The molecule has 2 aromatic carbocycles. The Hall–Kier alpha value is -1.84. The molecule has 3 nitrogen and oxygen atoms in total. The summed E-state index contributed by atoms with van der Waals surface area (Å²) in [5.41, 5.74) is 4.10. The molecular weight excluding hydrogens is 344 g/mol. The number of hydrogen-bond donors (Lipinski definition) is 1. The molecule has 3 fully saturated rings. The van der Waals surface area contributed by atoms with Crippen molar-refractivity contribution >= 4 is 5.69 Å². The Morgan fingerprint density at radius 1 is 0.929 bits per heavy atom. The van der Waals surface area contributed by atoms with Gasteiger partial charge in [-0.1, -0.05) is 42.5 Å². The molecule has 5 rings (SSSR count). The second-order valence-corrected chi connectivity index (χ2v) is 8.84. The highest BCUT2D eigenvalue weighted by Crippen LogP contribution is 2.38. The average Bonchev–Trinajstić information content (AvgIpc) is 3.42. The molecule has 0 bridgehead atoms. The Bertz CT molecular complexity index is 754. The van der Waals surface area contributed by atoms with Gasteiger partial charge in [-0.2, -0.15) is 0 Å². The average molecular weight is 377 g/mol. The van der Waals surface area contributed by atoms with Crippen molar-refractivity contribution in [3.8, 4) is 0 Å². The fraction of sp³-hybridized carbons (Fsp3) is 0.520. The lowest BCUT2D eigenvalue weighted by atomic mass is 9.96. The second-order valence-electron chi connectivity index (χ2n) is 8.84. The maximum absolute atomic E-state index is 5.82. The summed E-state index contributed by atoms with van der Waals surface area (Å²) >= 11 is 0. The van der Waals surface area contributed by atoms with E-state index in [-0.39, 0.29) is 6.10 Å². The third kappa shape index (κ3) is 3.97. The van der Waals surface area contributed by atoms with E-state index >= 15 is 0 Å². The molecule has 0 spiro atoms. The summed E-state index contributed by atoms with van der Waals surface area (Å²) in [4.78, 5) is 2.74. The minimum atomic E-state index is 0.276. The Morgan fingerprint density at radius 2 is 1.71 bits per heavy atom. The van der Waals surface area contributed by atoms with Crippen LogP contribution in [0.3, 0.4) is 0 Å². The molecular formula is C25H32N2O. The predicted molar refractivity (Wildman–Crippen MR) is 115 cm³/mol. The van der Waals surface area contributed by atoms with E-state index in [1.165, 1.54) is 62.0 Å². The molecule has 4 atom stereocenters. The van der Waals surface area contributed by atoms with Crippen LogP contribution in [-0.2, 0) is 11.2 Å². The summed E-state index contributed by atoms with van der Waals surface area (Å²) in [5, 5.41) is 3.69. The molecule has 4 unspecified atom stereocenters. The minimum absolute atomic E-state index is 0.276. The van der Waals surface area contributed by atoms with E-state index in [2.05, 4.69) is 64.8 Å². The Kier molecular flexibility index (Phi) is 5.37. The van der Waals surface area contributed by atoms with Crippen molar-refractivity contribution in [2.24, 2.45) is 0 Å². The van der Waals surface area contributed by atoms with Gasteiger partial charge in [-0.3, -0.25) is 0 Å². The van der Waals surface area contributed by atoms with Gasteiger partial charge in [-0.15, -0.1) is 0 Å². The van der Waals surface area contributed by atoms with Crippen molar-refractivity contribution < 1.29 is 4.74 Å². The minimum Gasteiger partial charge on any atom is -0.377 e. The molecule has 2 aliphatic heterocycles. The molecule has 2 heterocycles. The lowest BCUT2D eigenvalue weighted by Crippen LogP contribution is -2.51. The summed E-state index contributed by atoms with van der Waals surface area (Å²) in [6.45, 7) is 3.46. The molecule has 3 aliphatic rings. The lowest BCUT2D eigenvalue weighted by Gasteiger charge is -2.38. The number of nitrogens with zero attached hydrogens (tertiary/aromatic N) is 1. The number of likely N-dealkylation sites (tertiary alicyclic amines) is 1. The van der Waals surface area contributed by atoms with Crippen LogP contribution in [0.15, 0.2) is 54.6 Å². The van der Waals surface area contributed by atoms with Crippen molar-refractivity contribution in [2.75, 3.05) is 25.0 Å². The van der Waals surface area contributed by atoms with Gasteiger partial charge in [-0.25, -0.2) is 0 Å². The van der Waals surface area contributed by atoms with Crippen LogP contribution in [0.2, 0.25) is 0 Å². The van der Waals surface area contributed by atoms with Crippen molar-refractivity contribution in [3.05, 3.63) is 65.7 Å². The van der Waals surface area contributed by atoms with Crippen LogP contribution in [0.4, 0.5) is 5.69 Å². The molecule has 2 aromatic rings. The molecule has 0 radical (unpaired) electrons. The fourth-order valence-electron chi connectivity index (χ4n) is 5.28. The zero-order chi connectivity index (χ0) is 18.8. The van der Waals surface area contributed by atoms with Crippen molar-refractivity contribution in [2.45, 2.75) is 62.6 Å². The Balaban J connectivity index is 1.15. The maximum Gasteiger partial charge on any atom is 0.0839 e. The first kappa shape index (κ1) is 18.2. The molecule has 28 heavy (non-hydrogen) atoms. The van der Waals surface area contributed by atoms with Gasteiger partial charge in [0.25, 0.3) is 0 Å². The van der Waals surface area contributed by atoms with Gasteiger partial charge < -0.3 is 15.0 Å². The van der Waals surface area contributed by atoms with Crippen LogP contribution < -0.4 is 5.32 Å². The highest BCUT2D eigenvalue weighted by Gasteiger charge is 2.33. The van der Waals surface area contributed by atoms with Gasteiger partial charge in [0, 0.05) is 18.2 Å². The predicted octanol–water partition coefficient (Wildman–Crippen LogP) is 4.84. The second kappa shape index (κ2) is 8.26. The number of benzene rings is 2. The van der Waals surface area contributed by atoms with Gasteiger partial charge >= 0.3 is 0 Å². The SMILES string of the molecule is c1ccc(CC2OCC2Nc2ccc(C3CCC(N4CCCC4)C3)cc2)cc1. The molecule has 148 valence electrons. The topological polar surface area (TPSA) is 24.5 Å². The normalized spacial score (nSPS) is 30.3. The molecule has 0 aromatic heterocycles. The van der Waals surface area contributed by atoms with E-state index in [0.717, 1.165) is 25.0 Å². The molecule has 1 N–H and O–H groups in total. The maximum atomic E-state index is 5.82. The molecule has 2 saturated heterocycles. The molecule has 1 aliphatic carbocycles. The van der Waals surface area contributed by atoms with Crippen LogP contribution in [0.25, 0.3) is 0 Å². The number of rotatable bonds is 6. The van der Waals surface area contributed by atoms with Crippen molar-refractivity contribution in [1.29, 1.82) is 0 Å². The first-order valence-corrected chi connectivity index (χ1v) is 11.1. The van der Waals surface area contributed by atoms with Crippen LogP contribution in [0.5, 0.6) is 0 Å². The monoisotopic (exact) mass is 376 g/mol. The summed E-state index contributed by atoms with van der Waals surface area (Å²) in [7, 11) is 0. The summed E-state index contributed by atoms with van der Waals surface area (Å²) in [6.07, 6.45) is 8.14. The Labute approximate surface area is 169 Å². The van der Waals surface area contributed by atoms with Crippen LogP contribution in [0, 0.1) is 0 Å². The number of hydrogen-bond acceptors (Lipinski definition) is 3. The zero-order valence-corrected chi connectivity index (χ0v) is 16.7.